The van der Waals surface area contributed by atoms with Crippen LogP contribution in [0.25, 0.3) is 22.6 Å². The second-order valence-electron chi connectivity index (χ2n) is 8.40. The zero-order chi connectivity index (χ0) is 25.1. The lowest BCUT2D eigenvalue weighted by molar-refractivity contribution is -0.286. The van der Waals surface area contributed by atoms with Gasteiger partial charge in [0.15, 0.2) is 17.1 Å². The van der Waals surface area contributed by atoms with Crippen LogP contribution in [0.5, 0.6) is 11.5 Å². The summed E-state index contributed by atoms with van der Waals surface area (Å²) in [4.78, 5) is 13.3. The van der Waals surface area contributed by atoms with Crippen molar-refractivity contribution in [3.05, 3.63) is 60.0 Å². The summed E-state index contributed by atoms with van der Waals surface area (Å²) in [5, 5.41) is 0.308. The Balaban J connectivity index is 1.29. The number of ether oxygens (including phenoxy) is 2. The number of nitrogens with zero attached hydrogens (tertiary/aromatic N) is 5. The molecule has 9 nitrogen and oxygen atoms in total. The molecule has 36 heavy (non-hydrogen) atoms. The van der Waals surface area contributed by atoms with Gasteiger partial charge >= 0.3 is 6.29 Å². The van der Waals surface area contributed by atoms with Crippen LogP contribution in [0.4, 0.5) is 8.78 Å². The molecule has 0 aliphatic carbocycles. The molecule has 6 rings (SSSR count). The van der Waals surface area contributed by atoms with E-state index in [-0.39, 0.29) is 35.5 Å². The molecule has 1 aromatic carbocycles. The summed E-state index contributed by atoms with van der Waals surface area (Å²) in [7, 11) is -3.94. The fourth-order valence-corrected chi connectivity index (χ4v) is 6.29. The molecule has 4 aromatic rings. The average Bonchev–Trinajstić information content (AvgIpc) is 3.39. The summed E-state index contributed by atoms with van der Waals surface area (Å²) in [5.41, 5.74) is 2.02. The van der Waals surface area contributed by atoms with Gasteiger partial charge < -0.3 is 14.0 Å². The number of hydrogen-bond donors (Lipinski definition) is 0. The van der Waals surface area contributed by atoms with Gasteiger partial charge in [-0.25, -0.2) is 23.4 Å². The molecule has 1 saturated heterocycles. The lowest BCUT2D eigenvalue weighted by Gasteiger charge is -2.32. The van der Waals surface area contributed by atoms with Crippen LogP contribution in [-0.4, -0.2) is 51.6 Å². The standard InChI is InChI=1S/C23H18ClF2N5O4S/c24-20-16(3-1-9-27-20)21-29-17-4-2-10-28-22(17)31(21)14-7-11-30(12-8-14)36(32,33)15-5-6-18-19(13-15)35-23(25,26)34-18/h1-6,9-10,13-14H,7-8,11-12H2. The number of fused-ring (bicyclic) bond motifs is 2. The van der Waals surface area contributed by atoms with Crippen molar-refractivity contribution in [1.82, 2.24) is 23.8 Å². The Morgan fingerprint density at radius 3 is 2.50 bits per heavy atom. The highest BCUT2D eigenvalue weighted by molar-refractivity contribution is 7.89. The second-order valence-corrected chi connectivity index (χ2v) is 10.7. The molecule has 0 amide bonds. The molecule has 0 spiro atoms. The smallest absolute Gasteiger partial charge is 0.395 e. The maximum absolute atomic E-state index is 13.4. The number of sulfonamides is 1. The number of imidazole rings is 1. The third kappa shape index (κ3) is 3.85. The Morgan fingerprint density at radius 2 is 1.72 bits per heavy atom. The van der Waals surface area contributed by atoms with Gasteiger partial charge in [0.05, 0.1) is 10.5 Å². The highest BCUT2D eigenvalue weighted by Crippen LogP contribution is 2.43. The monoisotopic (exact) mass is 533 g/mol. The van der Waals surface area contributed by atoms with Crippen molar-refractivity contribution in [2.75, 3.05) is 13.1 Å². The number of benzene rings is 1. The number of aromatic nitrogens is 4. The Labute approximate surface area is 209 Å². The fraction of sp³-hybridized carbons (Fsp3) is 0.261. The van der Waals surface area contributed by atoms with Crippen LogP contribution in [0.2, 0.25) is 5.15 Å². The van der Waals surface area contributed by atoms with Gasteiger partial charge in [0.25, 0.3) is 0 Å². The van der Waals surface area contributed by atoms with Crippen LogP contribution in [0.15, 0.2) is 59.8 Å². The van der Waals surface area contributed by atoms with Crippen LogP contribution < -0.4 is 9.47 Å². The van der Waals surface area contributed by atoms with E-state index in [0.29, 0.717) is 40.5 Å². The van der Waals surface area contributed by atoms with E-state index in [1.807, 2.05) is 16.7 Å². The van der Waals surface area contributed by atoms with E-state index in [4.69, 9.17) is 16.6 Å². The van der Waals surface area contributed by atoms with Crippen LogP contribution >= 0.6 is 11.6 Å². The minimum Gasteiger partial charge on any atom is -0.395 e. The number of alkyl halides is 2. The summed E-state index contributed by atoms with van der Waals surface area (Å²) >= 11 is 6.37. The molecule has 2 aliphatic heterocycles. The third-order valence-corrected chi connectivity index (χ3v) is 8.44. The molecule has 0 bridgehead atoms. The number of hydrogen-bond acceptors (Lipinski definition) is 7. The van der Waals surface area contributed by atoms with E-state index in [1.54, 1.807) is 24.5 Å². The third-order valence-electron chi connectivity index (χ3n) is 6.25. The number of rotatable bonds is 4. The highest BCUT2D eigenvalue weighted by Gasteiger charge is 2.44. The van der Waals surface area contributed by atoms with Crippen molar-refractivity contribution >= 4 is 32.8 Å². The van der Waals surface area contributed by atoms with Crippen molar-refractivity contribution in [2.45, 2.75) is 30.1 Å². The Bertz CT molecular complexity index is 1590. The number of pyridine rings is 2. The maximum atomic E-state index is 13.4. The summed E-state index contributed by atoms with van der Waals surface area (Å²) < 4.78 is 65.4. The van der Waals surface area contributed by atoms with Gasteiger partial charge in [-0.1, -0.05) is 11.6 Å². The maximum Gasteiger partial charge on any atom is 0.586 e. The van der Waals surface area contributed by atoms with Crippen molar-refractivity contribution in [3.8, 4) is 22.9 Å². The van der Waals surface area contributed by atoms with E-state index in [0.717, 1.165) is 6.07 Å². The first-order chi connectivity index (χ1) is 17.2. The van der Waals surface area contributed by atoms with Gasteiger partial charge in [-0.05, 0) is 49.2 Å². The molecule has 0 radical (unpaired) electrons. The van der Waals surface area contributed by atoms with Gasteiger partial charge in [0, 0.05) is 37.6 Å². The van der Waals surface area contributed by atoms with E-state index in [9.17, 15) is 17.2 Å². The molecule has 13 heteroatoms. The largest absolute Gasteiger partial charge is 0.586 e. The van der Waals surface area contributed by atoms with Gasteiger partial charge in [0.1, 0.15) is 16.5 Å². The molecular weight excluding hydrogens is 516 g/mol. The minimum atomic E-state index is -3.94. The topological polar surface area (TPSA) is 99.4 Å². The van der Waals surface area contributed by atoms with Gasteiger partial charge in [-0.2, -0.15) is 4.31 Å². The van der Waals surface area contributed by atoms with Crippen LogP contribution in [0, 0.1) is 0 Å². The zero-order valence-corrected chi connectivity index (χ0v) is 20.1. The molecule has 2 aliphatic rings. The Morgan fingerprint density at radius 1 is 1.00 bits per heavy atom. The lowest BCUT2D eigenvalue weighted by Crippen LogP contribution is -2.39. The van der Waals surface area contributed by atoms with E-state index < -0.39 is 16.3 Å². The van der Waals surface area contributed by atoms with Crippen molar-refractivity contribution < 1.29 is 26.7 Å². The molecule has 1 fully saturated rings. The predicted octanol–water partition coefficient (Wildman–Crippen LogP) is 4.49. The molecular formula is C23H18ClF2N5O4S. The van der Waals surface area contributed by atoms with Crippen LogP contribution in [0.1, 0.15) is 18.9 Å². The number of piperidine rings is 1. The molecule has 0 unspecified atom stereocenters. The molecule has 5 heterocycles. The summed E-state index contributed by atoms with van der Waals surface area (Å²) in [5.74, 6) is 0.0865. The predicted molar refractivity (Wildman–Crippen MR) is 125 cm³/mol. The molecule has 3 aromatic heterocycles. The second kappa shape index (κ2) is 8.36. The average molecular weight is 534 g/mol. The van der Waals surface area contributed by atoms with E-state index in [2.05, 4.69) is 19.4 Å². The zero-order valence-electron chi connectivity index (χ0n) is 18.5. The SMILES string of the molecule is O=S(=O)(c1ccc2c(c1)OC(F)(F)O2)N1CCC(n2c(-c3cccnc3Cl)nc3cccnc32)CC1. The normalized spacial score (nSPS) is 18.1. The van der Waals surface area contributed by atoms with Crippen molar-refractivity contribution in [1.29, 1.82) is 0 Å². The van der Waals surface area contributed by atoms with E-state index >= 15 is 0 Å². The summed E-state index contributed by atoms with van der Waals surface area (Å²) in [6, 6.07) is 10.6. The quantitative estimate of drug-likeness (QED) is 0.356. The van der Waals surface area contributed by atoms with Gasteiger partial charge in [-0.15, -0.1) is 8.78 Å². The lowest BCUT2D eigenvalue weighted by atomic mass is 10.1. The molecule has 0 N–H and O–H groups in total. The molecule has 0 saturated carbocycles. The highest BCUT2D eigenvalue weighted by atomic mass is 35.5. The first-order valence-corrected chi connectivity index (χ1v) is 12.9. The van der Waals surface area contributed by atoms with E-state index in [1.165, 1.54) is 16.4 Å². The first-order valence-electron chi connectivity index (χ1n) is 11.1. The van der Waals surface area contributed by atoms with Crippen molar-refractivity contribution in [2.24, 2.45) is 0 Å². The van der Waals surface area contributed by atoms with Crippen molar-refractivity contribution in [3.63, 3.8) is 0 Å². The van der Waals surface area contributed by atoms with Gasteiger partial charge in [0.2, 0.25) is 10.0 Å². The summed E-state index contributed by atoms with van der Waals surface area (Å²) in [6.45, 7) is 0.425. The van der Waals surface area contributed by atoms with Gasteiger partial charge in [-0.3, -0.25) is 0 Å². The molecule has 0 atom stereocenters. The van der Waals surface area contributed by atoms with Crippen LogP contribution in [-0.2, 0) is 10.0 Å². The first kappa shape index (κ1) is 23.1. The fourth-order valence-electron chi connectivity index (χ4n) is 4.60. The van der Waals surface area contributed by atoms with Crippen LogP contribution in [0.3, 0.4) is 0 Å². The minimum absolute atomic E-state index is 0.0990. The Hall–Kier alpha value is -3.35. The summed E-state index contributed by atoms with van der Waals surface area (Å²) in [6.07, 6.45) is 0.415. The number of halogens is 3. The molecule has 186 valence electrons. The Kier molecular flexibility index (Phi) is 5.36.